The van der Waals surface area contributed by atoms with Crippen molar-refractivity contribution in [3.05, 3.63) is 96.1 Å². The van der Waals surface area contributed by atoms with Gasteiger partial charge < -0.3 is 10.1 Å². The number of hydrogen-bond donors (Lipinski definition) is 1. The van der Waals surface area contributed by atoms with Gasteiger partial charge in [-0.25, -0.2) is 19.3 Å². The number of methoxy groups -OCH3 is 1. The first-order valence-electron chi connectivity index (χ1n) is 11.1. The van der Waals surface area contributed by atoms with Crippen LogP contribution in [0.4, 0.5) is 10.3 Å². The number of ether oxygens (including phenoxy) is 1. The molecule has 2 aromatic carbocycles. The number of benzene rings is 2. The number of hydrogen-bond acceptors (Lipinski definition) is 5. The third-order valence-electron chi connectivity index (χ3n) is 5.74. The van der Waals surface area contributed by atoms with Crippen molar-refractivity contribution >= 4 is 11.6 Å². The quantitative estimate of drug-likeness (QED) is 0.338. The van der Waals surface area contributed by atoms with Crippen LogP contribution >= 0.6 is 0 Å². The lowest BCUT2D eigenvalue weighted by molar-refractivity contribution is 0.410. The van der Waals surface area contributed by atoms with Crippen molar-refractivity contribution in [2.45, 2.75) is 19.9 Å². The first kappa shape index (κ1) is 21.6. The van der Waals surface area contributed by atoms with Crippen molar-refractivity contribution in [2.75, 3.05) is 12.4 Å². The fourth-order valence-corrected chi connectivity index (χ4v) is 3.96. The first-order chi connectivity index (χ1) is 16.7. The molecule has 0 atom stereocenters. The van der Waals surface area contributed by atoms with Crippen LogP contribution in [0.25, 0.3) is 28.3 Å². The fourth-order valence-electron chi connectivity index (χ4n) is 3.96. The van der Waals surface area contributed by atoms with Crippen LogP contribution in [-0.4, -0.2) is 26.5 Å². The minimum absolute atomic E-state index is 0.285. The molecule has 7 heteroatoms. The maximum absolute atomic E-state index is 13.6. The Hall–Kier alpha value is -4.26. The lowest BCUT2D eigenvalue weighted by Gasteiger charge is -2.11. The highest BCUT2D eigenvalue weighted by Gasteiger charge is 2.18. The van der Waals surface area contributed by atoms with Crippen LogP contribution in [0.15, 0.2) is 79.1 Å². The van der Waals surface area contributed by atoms with Gasteiger partial charge in [0, 0.05) is 30.1 Å². The zero-order chi connectivity index (χ0) is 23.5. The van der Waals surface area contributed by atoms with Crippen LogP contribution in [0.5, 0.6) is 5.75 Å². The molecule has 0 saturated carbocycles. The largest absolute Gasteiger partial charge is 0.496 e. The van der Waals surface area contributed by atoms with E-state index in [1.807, 2.05) is 40.9 Å². The normalized spacial score (nSPS) is 11.0. The molecule has 0 unspecified atom stereocenters. The molecule has 5 rings (SSSR count). The Labute approximate surface area is 197 Å². The van der Waals surface area contributed by atoms with Crippen LogP contribution in [0.3, 0.4) is 0 Å². The molecule has 0 saturated heterocycles. The summed E-state index contributed by atoms with van der Waals surface area (Å²) in [6.07, 6.45) is 4.64. The van der Waals surface area contributed by atoms with Gasteiger partial charge >= 0.3 is 0 Å². The molecule has 170 valence electrons. The number of aromatic nitrogens is 4. The predicted octanol–water partition coefficient (Wildman–Crippen LogP) is 5.78. The smallest absolute Gasteiger partial charge is 0.223 e. The summed E-state index contributed by atoms with van der Waals surface area (Å²) in [7, 11) is 1.65. The molecule has 3 heterocycles. The van der Waals surface area contributed by atoms with Gasteiger partial charge in [0.2, 0.25) is 5.95 Å². The molecule has 5 aromatic rings. The molecule has 0 fully saturated rings. The van der Waals surface area contributed by atoms with Gasteiger partial charge in [-0.15, -0.1) is 0 Å². The van der Waals surface area contributed by atoms with E-state index in [-0.39, 0.29) is 5.82 Å². The second-order valence-corrected chi connectivity index (χ2v) is 7.86. The summed E-state index contributed by atoms with van der Waals surface area (Å²) in [5.74, 6) is 1.01. The van der Waals surface area contributed by atoms with Crippen molar-refractivity contribution in [3.8, 4) is 28.4 Å². The maximum atomic E-state index is 13.6. The average molecular weight is 454 g/mol. The number of para-hydroxylation sites is 1. The Bertz CT molecular complexity index is 1450. The number of fused-ring (bicyclic) bond motifs is 1. The minimum atomic E-state index is -0.285. The number of rotatable bonds is 7. The number of nitrogens with zero attached hydrogens (tertiary/aromatic N) is 4. The van der Waals surface area contributed by atoms with Gasteiger partial charge in [0.25, 0.3) is 0 Å². The molecular weight excluding hydrogens is 429 g/mol. The topological polar surface area (TPSA) is 64.3 Å². The predicted molar refractivity (Wildman–Crippen MR) is 131 cm³/mol. The van der Waals surface area contributed by atoms with Gasteiger partial charge in [-0.2, -0.15) is 0 Å². The van der Waals surface area contributed by atoms with E-state index in [0.717, 1.165) is 40.3 Å². The summed E-state index contributed by atoms with van der Waals surface area (Å²) in [6, 6.07) is 20.2. The second kappa shape index (κ2) is 9.31. The third-order valence-corrected chi connectivity index (χ3v) is 5.74. The molecule has 0 radical (unpaired) electrons. The van der Waals surface area contributed by atoms with Crippen LogP contribution in [0.1, 0.15) is 18.1 Å². The molecule has 0 aliphatic carbocycles. The highest BCUT2D eigenvalue weighted by molar-refractivity contribution is 5.80. The van der Waals surface area contributed by atoms with Crippen molar-refractivity contribution in [1.82, 2.24) is 19.4 Å². The number of imidazole rings is 1. The molecule has 0 aliphatic heterocycles. The molecule has 0 aliphatic rings. The Kier molecular flexibility index (Phi) is 5.91. The molecule has 0 spiro atoms. The van der Waals surface area contributed by atoms with E-state index in [2.05, 4.69) is 29.4 Å². The van der Waals surface area contributed by atoms with Crippen molar-refractivity contribution in [2.24, 2.45) is 0 Å². The zero-order valence-corrected chi connectivity index (χ0v) is 19.0. The molecule has 6 nitrogen and oxygen atoms in total. The van der Waals surface area contributed by atoms with Crippen molar-refractivity contribution < 1.29 is 9.13 Å². The highest BCUT2D eigenvalue weighted by Crippen LogP contribution is 2.32. The van der Waals surface area contributed by atoms with Gasteiger partial charge in [0.05, 0.1) is 24.2 Å². The summed E-state index contributed by atoms with van der Waals surface area (Å²) in [4.78, 5) is 14.1. The maximum Gasteiger partial charge on any atom is 0.223 e. The van der Waals surface area contributed by atoms with Crippen LogP contribution < -0.4 is 10.1 Å². The van der Waals surface area contributed by atoms with Gasteiger partial charge in [-0.3, -0.25) is 4.40 Å². The Morgan fingerprint density at radius 2 is 1.82 bits per heavy atom. The van der Waals surface area contributed by atoms with Crippen LogP contribution in [0, 0.1) is 5.82 Å². The molecule has 3 aromatic heterocycles. The number of nitrogens with one attached hydrogen (secondary N) is 1. The SMILES string of the molecule is CCc1ccn2c(-c3ccnc(NCc4ccccc4OC)n3)c(-c3ccc(F)cc3)nc2c1. The molecular formula is C27H24FN5O. The van der Waals surface area contributed by atoms with Crippen molar-refractivity contribution in [3.63, 3.8) is 0 Å². The number of anilines is 1. The van der Waals surface area contributed by atoms with E-state index < -0.39 is 0 Å². The van der Waals surface area contributed by atoms with Gasteiger partial charge in [0.1, 0.15) is 17.2 Å². The lowest BCUT2D eigenvalue weighted by Crippen LogP contribution is -2.05. The number of aryl methyl sites for hydroxylation is 1. The van der Waals surface area contributed by atoms with Gasteiger partial charge in [0.15, 0.2) is 0 Å². The standard InChI is InChI=1S/C27H24FN5O/c1-3-18-13-15-33-24(16-18)32-25(19-8-10-21(28)11-9-19)26(33)22-12-14-29-27(31-22)30-17-20-6-4-5-7-23(20)34-2/h4-16H,3,17H2,1-2H3,(H,29,30,31). The van der Waals surface area contributed by atoms with E-state index in [1.165, 1.54) is 17.7 Å². The van der Waals surface area contributed by atoms with E-state index in [4.69, 9.17) is 14.7 Å². The first-order valence-corrected chi connectivity index (χ1v) is 11.1. The Morgan fingerprint density at radius 1 is 1.00 bits per heavy atom. The fraction of sp³-hybridized carbons (Fsp3) is 0.148. The van der Waals surface area contributed by atoms with Crippen molar-refractivity contribution in [1.29, 1.82) is 0 Å². The second-order valence-electron chi connectivity index (χ2n) is 7.86. The molecule has 34 heavy (non-hydrogen) atoms. The summed E-state index contributed by atoms with van der Waals surface area (Å²) >= 11 is 0. The third kappa shape index (κ3) is 4.20. The Balaban J connectivity index is 1.57. The van der Waals surface area contributed by atoms with Gasteiger partial charge in [-0.1, -0.05) is 25.1 Å². The van der Waals surface area contributed by atoms with E-state index in [9.17, 15) is 4.39 Å². The molecule has 0 bridgehead atoms. The van der Waals surface area contributed by atoms with Crippen LogP contribution in [-0.2, 0) is 13.0 Å². The van der Waals surface area contributed by atoms with E-state index in [1.54, 1.807) is 25.4 Å². The van der Waals surface area contributed by atoms with Crippen LogP contribution in [0.2, 0.25) is 0 Å². The molecule has 0 amide bonds. The minimum Gasteiger partial charge on any atom is -0.496 e. The summed E-state index contributed by atoms with van der Waals surface area (Å²) in [6.45, 7) is 2.63. The summed E-state index contributed by atoms with van der Waals surface area (Å²) in [5, 5.41) is 3.29. The highest BCUT2D eigenvalue weighted by atomic mass is 19.1. The number of pyridine rings is 1. The van der Waals surface area contributed by atoms with Gasteiger partial charge in [-0.05, 0) is 60.5 Å². The monoisotopic (exact) mass is 453 g/mol. The van der Waals surface area contributed by atoms with E-state index >= 15 is 0 Å². The molecule has 1 N–H and O–H groups in total. The Morgan fingerprint density at radius 3 is 2.62 bits per heavy atom. The summed E-state index contributed by atoms with van der Waals surface area (Å²) < 4.78 is 21.1. The zero-order valence-electron chi connectivity index (χ0n) is 19.0. The lowest BCUT2D eigenvalue weighted by atomic mass is 10.1. The summed E-state index contributed by atoms with van der Waals surface area (Å²) in [5.41, 5.74) is 6.11. The number of halogens is 1. The average Bonchev–Trinajstić information content (AvgIpc) is 3.27. The van der Waals surface area contributed by atoms with E-state index in [0.29, 0.717) is 18.2 Å².